The van der Waals surface area contributed by atoms with Gasteiger partial charge >= 0.3 is 5.97 Å². The Morgan fingerprint density at radius 3 is 2.52 bits per heavy atom. The van der Waals surface area contributed by atoms with Gasteiger partial charge in [-0.2, -0.15) is 0 Å². The summed E-state index contributed by atoms with van der Waals surface area (Å²) in [5.41, 5.74) is 1.47. The van der Waals surface area contributed by atoms with Crippen LogP contribution in [-0.2, 0) is 43.2 Å². The van der Waals surface area contributed by atoms with E-state index in [-0.39, 0.29) is 63.3 Å². The third-order valence-corrected chi connectivity index (χ3v) is 8.26. The highest BCUT2D eigenvalue weighted by atomic mass is 32.1. The molecule has 232 valence electrons. The Morgan fingerprint density at radius 2 is 1.86 bits per heavy atom. The molecule has 1 aromatic carbocycles. The van der Waals surface area contributed by atoms with Crippen molar-refractivity contribution in [2.24, 2.45) is 0 Å². The smallest absolute Gasteiger partial charge is 0.325 e. The zero-order valence-corrected chi connectivity index (χ0v) is 25.3. The molecule has 1 saturated heterocycles. The summed E-state index contributed by atoms with van der Waals surface area (Å²) in [6, 6.07) is 14.3. The largest absolute Gasteiger partial charge is 0.465 e. The van der Waals surface area contributed by atoms with Crippen LogP contribution >= 0.6 is 11.3 Å². The Balaban J connectivity index is 1.51. The fourth-order valence-electron chi connectivity index (χ4n) is 5.00. The van der Waals surface area contributed by atoms with Crippen LogP contribution in [0, 0.1) is 10.1 Å². The van der Waals surface area contributed by atoms with Crippen LogP contribution < -0.4 is 0 Å². The summed E-state index contributed by atoms with van der Waals surface area (Å²) in [5, 5.41) is 12.9. The van der Waals surface area contributed by atoms with Crippen LogP contribution in [0.4, 0.5) is 5.69 Å². The standard InChI is InChI=1S/C31H35N5O7S/c1-2-43-30(39)22-33(16-12-23-8-10-25(11-9-23)36(41)42)28(37)20-27-31(40)34(17-13-24-6-3-4-15-32-24)21-29(38)35(27)18-14-26-7-5-19-44-26/h3-11,15,19,27H,2,12-14,16-18,20-22H2,1H3. The van der Waals surface area contributed by atoms with Crippen molar-refractivity contribution in [3.05, 3.63) is 92.4 Å². The molecular formula is C31H35N5O7S. The van der Waals surface area contributed by atoms with Gasteiger partial charge in [0.2, 0.25) is 17.7 Å². The Morgan fingerprint density at radius 1 is 1.07 bits per heavy atom. The average molecular weight is 622 g/mol. The van der Waals surface area contributed by atoms with Gasteiger partial charge in [-0.25, -0.2) is 0 Å². The van der Waals surface area contributed by atoms with Gasteiger partial charge in [0.15, 0.2) is 0 Å². The second-order valence-corrected chi connectivity index (χ2v) is 11.3. The normalized spacial score (nSPS) is 14.9. The van der Waals surface area contributed by atoms with Gasteiger partial charge in [0.05, 0.1) is 24.5 Å². The lowest BCUT2D eigenvalue weighted by atomic mass is 10.0. The number of amides is 3. The van der Waals surface area contributed by atoms with Gasteiger partial charge < -0.3 is 19.4 Å². The van der Waals surface area contributed by atoms with Crippen molar-refractivity contribution in [3.63, 3.8) is 0 Å². The molecule has 3 heterocycles. The molecule has 0 aliphatic carbocycles. The van der Waals surface area contributed by atoms with E-state index in [9.17, 15) is 29.3 Å². The molecule has 44 heavy (non-hydrogen) atoms. The van der Waals surface area contributed by atoms with E-state index in [1.165, 1.54) is 26.8 Å². The van der Waals surface area contributed by atoms with Gasteiger partial charge in [-0.1, -0.05) is 24.3 Å². The van der Waals surface area contributed by atoms with Gasteiger partial charge in [0, 0.05) is 55.0 Å². The molecule has 0 saturated carbocycles. The zero-order valence-electron chi connectivity index (χ0n) is 24.5. The van der Waals surface area contributed by atoms with E-state index in [2.05, 4.69) is 4.98 Å². The van der Waals surface area contributed by atoms with Crippen molar-refractivity contribution in [1.29, 1.82) is 0 Å². The molecule has 1 aliphatic heterocycles. The molecule has 0 N–H and O–H groups in total. The van der Waals surface area contributed by atoms with Crippen LogP contribution in [0.5, 0.6) is 0 Å². The first kappa shape index (κ1) is 32.3. The predicted octanol–water partition coefficient (Wildman–Crippen LogP) is 2.90. The Labute approximate surface area is 259 Å². The fourth-order valence-corrected chi connectivity index (χ4v) is 5.69. The zero-order chi connectivity index (χ0) is 31.5. The number of rotatable bonds is 15. The number of nitrogens with zero attached hydrogens (tertiary/aromatic N) is 5. The minimum absolute atomic E-state index is 0.0519. The van der Waals surface area contributed by atoms with Crippen molar-refractivity contribution in [1.82, 2.24) is 19.7 Å². The quantitative estimate of drug-likeness (QED) is 0.143. The van der Waals surface area contributed by atoms with Crippen molar-refractivity contribution < 1.29 is 28.8 Å². The molecule has 1 atom stereocenters. The van der Waals surface area contributed by atoms with Crippen LogP contribution in [0.25, 0.3) is 0 Å². The van der Waals surface area contributed by atoms with Crippen LogP contribution in [0.3, 0.4) is 0 Å². The molecule has 3 amide bonds. The average Bonchev–Trinajstić information content (AvgIpc) is 3.54. The number of piperazine rings is 1. The summed E-state index contributed by atoms with van der Waals surface area (Å²) in [5.74, 6) is -1.64. The number of non-ortho nitro benzene ring substituents is 1. The molecule has 3 aromatic rings. The van der Waals surface area contributed by atoms with Crippen molar-refractivity contribution in [3.8, 4) is 0 Å². The Bertz CT molecular complexity index is 1430. The molecule has 1 fully saturated rings. The molecule has 0 radical (unpaired) electrons. The van der Waals surface area contributed by atoms with E-state index >= 15 is 0 Å². The summed E-state index contributed by atoms with van der Waals surface area (Å²) in [7, 11) is 0. The molecule has 0 bridgehead atoms. The number of nitro groups is 1. The maximum absolute atomic E-state index is 13.8. The number of carbonyl (C=O) groups is 4. The van der Waals surface area contributed by atoms with Crippen LogP contribution in [0.1, 0.15) is 29.5 Å². The molecule has 4 rings (SSSR count). The molecule has 1 aliphatic rings. The number of ether oxygens (including phenoxy) is 1. The fraction of sp³-hybridized carbons (Fsp3) is 0.387. The minimum atomic E-state index is -1.03. The van der Waals surface area contributed by atoms with E-state index < -0.39 is 22.8 Å². The lowest BCUT2D eigenvalue weighted by molar-refractivity contribution is -0.384. The molecule has 13 heteroatoms. The van der Waals surface area contributed by atoms with Gasteiger partial charge in [0.1, 0.15) is 12.6 Å². The number of thiophene rings is 1. The SMILES string of the molecule is CCOC(=O)CN(CCc1ccc([N+](=O)[O-])cc1)C(=O)CC1C(=O)N(CCc2ccccn2)CC(=O)N1CCc1cccs1. The molecule has 12 nitrogen and oxygen atoms in total. The minimum Gasteiger partial charge on any atom is -0.465 e. The maximum Gasteiger partial charge on any atom is 0.325 e. The molecule has 1 unspecified atom stereocenters. The summed E-state index contributed by atoms with van der Waals surface area (Å²) >= 11 is 1.55. The van der Waals surface area contributed by atoms with Crippen LogP contribution in [0.15, 0.2) is 66.2 Å². The van der Waals surface area contributed by atoms with E-state index in [0.29, 0.717) is 19.3 Å². The maximum atomic E-state index is 13.8. The number of nitro benzene ring substituents is 1. The third kappa shape index (κ3) is 8.93. The lowest BCUT2D eigenvalue weighted by Crippen LogP contribution is -2.61. The van der Waals surface area contributed by atoms with Crippen LogP contribution in [-0.4, -0.2) is 93.7 Å². The monoisotopic (exact) mass is 621 g/mol. The van der Waals surface area contributed by atoms with E-state index in [1.54, 1.807) is 42.7 Å². The number of aromatic nitrogens is 1. The first-order chi connectivity index (χ1) is 21.2. The summed E-state index contributed by atoms with van der Waals surface area (Å²) in [4.78, 5) is 73.5. The van der Waals surface area contributed by atoms with Gasteiger partial charge in [-0.05, 0) is 48.9 Å². The predicted molar refractivity (Wildman–Crippen MR) is 163 cm³/mol. The third-order valence-electron chi connectivity index (χ3n) is 7.33. The number of benzene rings is 1. The van der Waals surface area contributed by atoms with E-state index in [4.69, 9.17) is 4.74 Å². The van der Waals surface area contributed by atoms with Gasteiger partial charge in [0.25, 0.3) is 5.69 Å². The topological polar surface area (TPSA) is 143 Å². The number of hydrogen-bond donors (Lipinski definition) is 0. The summed E-state index contributed by atoms with van der Waals surface area (Å²) in [6.45, 7) is 2.05. The highest BCUT2D eigenvalue weighted by Crippen LogP contribution is 2.20. The number of esters is 1. The second kappa shape index (κ2) is 15.7. The molecule has 2 aromatic heterocycles. The number of pyridine rings is 1. The number of hydrogen-bond acceptors (Lipinski definition) is 9. The Kier molecular flexibility index (Phi) is 11.5. The van der Waals surface area contributed by atoms with Crippen molar-refractivity contribution >= 4 is 40.7 Å². The summed E-state index contributed by atoms with van der Waals surface area (Å²) in [6.07, 6.45) is 2.69. The van der Waals surface area contributed by atoms with Gasteiger partial charge in [-0.3, -0.25) is 34.3 Å². The van der Waals surface area contributed by atoms with Crippen LogP contribution in [0.2, 0.25) is 0 Å². The second-order valence-electron chi connectivity index (χ2n) is 10.3. The van der Waals surface area contributed by atoms with E-state index in [1.807, 2.05) is 29.6 Å². The van der Waals surface area contributed by atoms with Crippen molar-refractivity contribution in [2.45, 2.75) is 38.6 Å². The van der Waals surface area contributed by atoms with Crippen molar-refractivity contribution in [2.75, 3.05) is 39.3 Å². The summed E-state index contributed by atoms with van der Waals surface area (Å²) < 4.78 is 5.08. The first-order valence-corrected chi connectivity index (χ1v) is 15.3. The number of carbonyl (C=O) groups excluding carboxylic acids is 4. The highest BCUT2D eigenvalue weighted by molar-refractivity contribution is 7.09. The van der Waals surface area contributed by atoms with E-state index in [0.717, 1.165) is 16.1 Å². The van der Waals surface area contributed by atoms with Gasteiger partial charge in [-0.15, -0.1) is 11.3 Å². The molecule has 0 spiro atoms. The Hall–Kier alpha value is -4.65. The lowest BCUT2D eigenvalue weighted by Gasteiger charge is -2.40. The molecular weight excluding hydrogens is 586 g/mol. The highest BCUT2D eigenvalue weighted by Gasteiger charge is 2.41. The first-order valence-electron chi connectivity index (χ1n) is 14.4.